The molecule has 0 bridgehead atoms. The average Bonchev–Trinajstić information content (AvgIpc) is 3.08. The van der Waals surface area contributed by atoms with Crippen molar-refractivity contribution in [1.29, 1.82) is 5.41 Å². The first-order chi connectivity index (χ1) is 12.3. The monoisotopic (exact) mass is 356 g/mol. The smallest absolute Gasteiger partial charge is 0.269 e. The Bertz CT molecular complexity index is 646. The second-order valence-electron chi connectivity index (χ2n) is 8.06. The molecule has 1 atom stereocenters. The van der Waals surface area contributed by atoms with Crippen LogP contribution in [-0.4, -0.2) is 41.7 Å². The average molecular weight is 357 g/mol. The van der Waals surface area contributed by atoms with Gasteiger partial charge in [-0.05, 0) is 58.2 Å². The Morgan fingerprint density at radius 2 is 1.96 bits per heavy atom. The van der Waals surface area contributed by atoms with Crippen molar-refractivity contribution in [2.75, 3.05) is 19.6 Å². The Hall–Kier alpha value is -2.14. The number of nitrogens with one attached hydrogen (secondary N) is 3. The van der Waals surface area contributed by atoms with E-state index in [1.54, 1.807) is 6.08 Å². The standard InChI is InChI=1S/C21H32N4O/c1-16(23-13-17-8-6-5-7-9-17)12-19(22)20(26)24-14-18-10-11-25(15-18)21(2,3)4/h5-9,12,18,22-23H,10-11,13-15H2,1-4H3,(H,24,26)/b16-12-,22-19?. The van der Waals surface area contributed by atoms with E-state index in [1.165, 1.54) is 5.56 Å². The minimum absolute atomic E-state index is 0.00580. The number of likely N-dealkylation sites (tertiary alicyclic amines) is 1. The summed E-state index contributed by atoms with van der Waals surface area (Å²) in [5.41, 5.74) is 2.15. The molecule has 3 N–H and O–H groups in total. The molecule has 2 rings (SSSR count). The molecule has 1 aliphatic heterocycles. The predicted molar refractivity (Wildman–Crippen MR) is 107 cm³/mol. The molecule has 0 aliphatic carbocycles. The SMILES string of the molecule is C/C(=C/C(=N)C(=O)NCC1CCN(C(C)(C)C)C1)NCc1ccccc1. The van der Waals surface area contributed by atoms with Crippen molar-refractivity contribution >= 4 is 11.6 Å². The van der Waals surface area contributed by atoms with Crippen LogP contribution in [0.25, 0.3) is 0 Å². The Morgan fingerprint density at radius 3 is 2.58 bits per heavy atom. The zero-order valence-electron chi connectivity index (χ0n) is 16.4. The summed E-state index contributed by atoms with van der Waals surface area (Å²) >= 11 is 0. The molecule has 1 aromatic carbocycles. The van der Waals surface area contributed by atoms with Gasteiger partial charge in [0.1, 0.15) is 5.71 Å². The predicted octanol–water partition coefficient (Wildman–Crippen LogP) is 2.94. The van der Waals surface area contributed by atoms with Crippen molar-refractivity contribution in [2.45, 2.75) is 46.2 Å². The lowest BCUT2D eigenvalue weighted by Gasteiger charge is -2.31. The van der Waals surface area contributed by atoms with Crippen LogP contribution in [0.3, 0.4) is 0 Å². The summed E-state index contributed by atoms with van der Waals surface area (Å²) in [4.78, 5) is 14.6. The summed E-state index contributed by atoms with van der Waals surface area (Å²) in [6, 6.07) is 10.1. The Kier molecular flexibility index (Phi) is 6.98. The molecule has 5 nitrogen and oxygen atoms in total. The van der Waals surface area contributed by atoms with E-state index >= 15 is 0 Å². The number of hydrogen-bond donors (Lipinski definition) is 3. The van der Waals surface area contributed by atoms with Gasteiger partial charge in [-0.2, -0.15) is 0 Å². The van der Waals surface area contributed by atoms with Crippen LogP contribution < -0.4 is 10.6 Å². The van der Waals surface area contributed by atoms with Crippen molar-refractivity contribution in [3.63, 3.8) is 0 Å². The lowest BCUT2D eigenvalue weighted by atomic mass is 10.1. The second-order valence-corrected chi connectivity index (χ2v) is 8.06. The van der Waals surface area contributed by atoms with Gasteiger partial charge in [-0.3, -0.25) is 15.1 Å². The van der Waals surface area contributed by atoms with Crippen molar-refractivity contribution in [2.24, 2.45) is 5.92 Å². The fraction of sp³-hybridized carbons (Fsp3) is 0.524. The largest absolute Gasteiger partial charge is 0.384 e. The number of nitrogens with zero attached hydrogens (tertiary/aromatic N) is 1. The third-order valence-electron chi connectivity index (χ3n) is 4.81. The van der Waals surface area contributed by atoms with Crippen LogP contribution in [-0.2, 0) is 11.3 Å². The summed E-state index contributed by atoms with van der Waals surface area (Å²) in [6.07, 6.45) is 2.69. The summed E-state index contributed by atoms with van der Waals surface area (Å²) < 4.78 is 0. The maximum Gasteiger partial charge on any atom is 0.269 e. The van der Waals surface area contributed by atoms with Gasteiger partial charge in [0.2, 0.25) is 0 Å². The van der Waals surface area contributed by atoms with Gasteiger partial charge in [0.15, 0.2) is 0 Å². The Morgan fingerprint density at radius 1 is 1.27 bits per heavy atom. The van der Waals surface area contributed by atoms with E-state index in [4.69, 9.17) is 5.41 Å². The molecule has 142 valence electrons. The normalized spacial score (nSPS) is 18.6. The second kappa shape index (κ2) is 8.99. The van der Waals surface area contributed by atoms with Gasteiger partial charge in [-0.15, -0.1) is 0 Å². The van der Waals surface area contributed by atoms with Gasteiger partial charge >= 0.3 is 0 Å². The summed E-state index contributed by atoms with van der Waals surface area (Å²) in [7, 11) is 0. The van der Waals surface area contributed by atoms with Crippen molar-refractivity contribution in [3.8, 4) is 0 Å². The zero-order valence-corrected chi connectivity index (χ0v) is 16.4. The fourth-order valence-electron chi connectivity index (χ4n) is 3.11. The number of benzene rings is 1. The molecule has 1 saturated heterocycles. The van der Waals surface area contributed by atoms with E-state index in [-0.39, 0.29) is 17.2 Å². The van der Waals surface area contributed by atoms with Crippen LogP contribution in [0.15, 0.2) is 42.1 Å². The van der Waals surface area contributed by atoms with Crippen LogP contribution >= 0.6 is 0 Å². The molecule has 1 fully saturated rings. The number of amides is 1. The molecule has 26 heavy (non-hydrogen) atoms. The van der Waals surface area contributed by atoms with E-state index < -0.39 is 0 Å². The number of allylic oxidation sites excluding steroid dienone is 1. The highest BCUT2D eigenvalue weighted by molar-refractivity contribution is 6.42. The first-order valence-corrected chi connectivity index (χ1v) is 9.33. The molecule has 0 aromatic heterocycles. The van der Waals surface area contributed by atoms with Crippen molar-refractivity contribution < 1.29 is 4.79 Å². The summed E-state index contributed by atoms with van der Waals surface area (Å²) in [5, 5.41) is 14.1. The zero-order chi connectivity index (χ0) is 19.2. The number of carbonyl (C=O) groups is 1. The minimum atomic E-state index is -0.305. The van der Waals surface area contributed by atoms with Crippen LogP contribution in [0.5, 0.6) is 0 Å². The van der Waals surface area contributed by atoms with Gasteiger partial charge in [0.05, 0.1) is 0 Å². The van der Waals surface area contributed by atoms with Gasteiger partial charge in [0.25, 0.3) is 5.91 Å². The highest BCUT2D eigenvalue weighted by atomic mass is 16.1. The lowest BCUT2D eigenvalue weighted by Crippen LogP contribution is -2.40. The fourth-order valence-corrected chi connectivity index (χ4v) is 3.11. The summed E-state index contributed by atoms with van der Waals surface area (Å²) in [5.74, 6) is 0.160. The molecule has 1 unspecified atom stereocenters. The number of rotatable bonds is 7. The first-order valence-electron chi connectivity index (χ1n) is 9.33. The van der Waals surface area contributed by atoms with E-state index in [1.807, 2.05) is 37.3 Å². The molecule has 1 aromatic rings. The van der Waals surface area contributed by atoms with Crippen LogP contribution in [0.1, 0.15) is 39.7 Å². The lowest BCUT2D eigenvalue weighted by molar-refractivity contribution is -0.114. The van der Waals surface area contributed by atoms with Crippen molar-refractivity contribution in [3.05, 3.63) is 47.7 Å². The van der Waals surface area contributed by atoms with Gasteiger partial charge < -0.3 is 10.6 Å². The quantitative estimate of drug-likeness (QED) is 0.658. The highest BCUT2D eigenvalue weighted by Gasteiger charge is 2.30. The molecule has 5 heteroatoms. The van der Waals surface area contributed by atoms with Gasteiger partial charge in [-0.1, -0.05) is 30.3 Å². The molecule has 1 heterocycles. The van der Waals surface area contributed by atoms with Crippen LogP contribution in [0.2, 0.25) is 0 Å². The minimum Gasteiger partial charge on any atom is -0.384 e. The van der Waals surface area contributed by atoms with Gasteiger partial charge in [-0.25, -0.2) is 0 Å². The third kappa shape index (κ3) is 6.30. The molecule has 0 spiro atoms. The highest BCUT2D eigenvalue weighted by Crippen LogP contribution is 2.23. The Balaban J connectivity index is 1.74. The third-order valence-corrected chi connectivity index (χ3v) is 4.81. The van der Waals surface area contributed by atoms with Crippen molar-refractivity contribution in [1.82, 2.24) is 15.5 Å². The summed E-state index contributed by atoms with van der Waals surface area (Å²) in [6.45, 7) is 11.9. The molecular weight excluding hydrogens is 324 g/mol. The van der Waals surface area contributed by atoms with E-state index in [2.05, 4.69) is 36.3 Å². The number of carbonyl (C=O) groups excluding carboxylic acids is 1. The van der Waals surface area contributed by atoms with Crippen LogP contribution in [0, 0.1) is 11.3 Å². The first kappa shape index (κ1) is 20.2. The molecule has 1 amide bonds. The maximum atomic E-state index is 12.2. The number of hydrogen-bond acceptors (Lipinski definition) is 4. The molecule has 0 radical (unpaired) electrons. The molecule has 0 saturated carbocycles. The topological polar surface area (TPSA) is 68.2 Å². The van der Waals surface area contributed by atoms with Crippen LogP contribution in [0.4, 0.5) is 0 Å². The van der Waals surface area contributed by atoms with E-state index in [9.17, 15) is 4.79 Å². The molecule has 1 aliphatic rings. The Labute approximate surface area is 157 Å². The van der Waals surface area contributed by atoms with Gasteiger partial charge in [0, 0.05) is 30.9 Å². The van der Waals surface area contributed by atoms with E-state index in [0.29, 0.717) is 19.0 Å². The maximum absolute atomic E-state index is 12.2. The van der Waals surface area contributed by atoms with E-state index in [0.717, 1.165) is 25.2 Å². The molecular formula is C21H32N4O.